The largest absolute Gasteiger partial charge is 0.460 e. The van der Waals surface area contributed by atoms with Crippen molar-refractivity contribution in [2.45, 2.75) is 25.7 Å². The lowest BCUT2D eigenvalue weighted by molar-refractivity contribution is 0.545. The van der Waals surface area contributed by atoms with Crippen LogP contribution in [0.3, 0.4) is 0 Å². The quantitative estimate of drug-likeness (QED) is 0.169. The van der Waals surface area contributed by atoms with Gasteiger partial charge in [-0.25, -0.2) is 15.0 Å². The molecule has 2 aliphatic carbocycles. The lowest BCUT2D eigenvalue weighted by Crippen LogP contribution is -2.08. The average Bonchev–Trinajstić information content (AvgIpc) is 3.85. The summed E-state index contributed by atoms with van der Waals surface area (Å²) in [5, 5.41) is 10.6. The molecular formula is C51H33N3O2. The number of hydrogen-bond acceptors (Lipinski definition) is 5. The van der Waals surface area contributed by atoms with E-state index in [0.717, 1.165) is 97.8 Å². The van der Waals surface area contributed by atoms with E-state index in [4.69, 9.17) is 23.8 Å². The minimum Gasteiger partial charge on any atom is -0.460 e. The first-order valence-electron chi connectivity index (χ1n) is 19.4. The first-order valence-corrected chi connectivity index (χ1v) is 19.4. The highest BCUT2D eigenvalue weighted by Crippen LogP contribution is 2.44. The van der Waals surface area contributed by atoms with Gasteiger partial charge in [0.25, 0.3) is 0 Å². The van der Waals surface area contributed by atoms with Gasteiger partial charge in [0.2, 0.25) is 0 Å². The van der Waals surface area contributed by atoms with Gasteiger partial charge in [0.1, 0.15) is 22.5 Å². The summed E-state index contributed by atoms with van der Waals surface area (Å²) in [4.78, 5) is 15.7. The van der Waals surface area contributed by atoms with Gasteiger partial charge in [0.05, 0.1) is 0 Å². The highest BCUT2D eigenvalue weighted by Gasteiger charge is 2.26. The number of aryl methyl sites for hydroxylation is 1. The van der Waals surface area contributed by atoms with Crippen molar-refractivity contribution in [2.24, 2.45) is 0 Å². The molecule has 0 aliphatic heterocycles. The molecule has 0 amide bonds. The summed E-state index contributed by atoms with van der Waals surface area (Å²) >= 11 is 0. The second kappa shape index (κ2) is 12.2. The Bertz CT molecular complexity index is 3340. The Morgan fingerprint density at radius 2 is 1.07 bits per heavy atom. The Morgan fingerprint density at radius 3 is 1.82 bits per heavy atom. The molecule has 5 heteroatoms. The Kier molecular flexibility index (Phi) is 6.81. The summed E-state index contributed by atoms with van der Waals surface area (Å²) in [5.41, 5.74) is 8.71. The van der Waals surface area contributed by atoms with Crippen LogP contribution in [0.1, 0.15) is 42.2 Å². The van der Waals surface area contributed by atoms with E-state index in [0.29, 0.717) is 17.5 Å². The maximum atomic E-state index is 6.65. The maximum absolute atomic E-state index is 6.65. The van der Waals surface area contributed by atoms with E-state index in [-0.39, 0.29) is 0 Å². The fourth-order valence-corrected chi connectivity index (χ4v) is 9.11. The predicted molar refractivity (Wildman–Crippen MR) is 228 cm³/mol. The number of furan rings is 2. The number of nitrogens with zero attached hydrogens (tertiary/aromatic N) is 3. The fraction of sp³-hybridized carbons (Fsp3) is 0.0784. The summed E-state index contributed by atoms with van der Waals surface area (Å²) in [7, 11) is 0. The van der Waals surface area contributed by atoms with Gasteiger partial charge in [0.15, 0.2) is 17.5 Å². The second-order valence-electron chi connectivity index (χ2n) is 14.8. The third-order valence-corrected chi connectivity index (χ3v) is 11.6. The molecule has 0 saturated carbocycles. The van der Waals surface area contributed by atoms with Gasteiger partial charge in [-0.3, -0.25) is 0 Å². The first-order chi connectivity index (χ1) is 27.8. The van der Waals surface area contributed by atoms with E-state index in [9.17, 15) is 0 Å². The van der Waals surface area contributed by atoms with Crippen molar-refractivity contribution in [2.75, 3.05) is 0 Å². The summed E-state index contributed by atoms with van der Waals surface area (Å²) in [6.07, 6.45) is 12.5. The molecule has 264 valence electrons. The van der Waals surface area contributed by atoms with Crippen molar-refractivity contribution in [3.63, 3.8) is 0 Å². The molecule has 0 atom stereocenters. The highest BCUT2D eigenvalue weighted by molar-refractivity contribution is 6.26. The topological polar surface area (TPSA) is 65.0 Å². The zero-order valence-corrected chi connectivity index (χ0v) is 30.4. The van der Waals surface area contributed by atoms with Crippen LogP contribution in [0.5, 0.6) is 0 Å². The molecule has 0 bridgehead atoms. The number of fused-ring (bicyclic) bond motifs is 12. The lowest BCUT2D eigenvalue weighted by Gasteiger charge is -2.15. The molecule has 3 aromatic heterocycles. The molecule has 0 radical (unpaired) electrons. The number of allylic oxidation sites excluding steroid dienone is 5. The van der Waals surface area contributed by atoms with Crippen LogP contribution in [0.15, 0.2) is 161 Å². The van der Waals surface area contributed by atoms with Crippen molar-refractivity contribution in [3.8, 4) is 22.5 Å². The SMILES string of the molecule is C1=CC(c2nc(C3=CCCc4oc5ccccc5c43)nc(-c3cccc4oc5cccc(-c6ccc7c8ccccc8c8ccccc8c7c6)c5c34)n2)=CCC1. The molecule has 7 aromatic carbocycles. The van der Waals surface area contributed by atoms with Crippen molar-refractivity contribution >= 4 is 76.4 Å². The van der Waals surface area contributed by atoms with E-state index in [1.807, 2.05) is 24.3 Å². The molecular weight excluding hydrogens is 687 g/mol. The van der Waals surface area contributed by atoms with Gasteiger partial charge in [-0.15, -0.1) is 0 Å². The third kappa shape index (κ3) is 4.70. The molecule has 12 rings (SSSR count). The Morgan fingerprint density at radius 1 is 0.446 bits per heavy atom. The summed E-state index contributed by atoms with van der Waals surface area (Å²) in [5.74, 6) is 2.91. The molecule has 2 aliphatic rings. The number of aromatic nitrogens is 3. The third-order valence-electron chi connectivity index (χ3n) is 11.6. The van der Waals surface area contributed by atoms with Gasteiger partial charge < -0.3 is 8.83 Å². The van der Waals surface area contributed by atoms with Crippen molar-refractivity contribution in [3.05, 3.63) is 175 Å². The van der Waals surface area contributed by atoms with Gasteiger partial charge in [-0.1, -0.05) is 127 Å². The zero-order chi connectivity index (χ0) is 36.7. The molecule has 56 heavy (non-hydrogen) atoms. The Balaban J connectivity index is 1.10. The predicted octanol–water partition coefficient (Wildman–Crippen LogP) is 13.4. The normalized spacial score (nSPS) is 14.3. The Hall–Kier alpha value is -7.11. The van der Waals surface area contributed by atoms with Gasteiger partial charge in [-0.05, 0) is 87.0 Å². The minimum atomic E-state index is 0.616. The van der Waals surface area contributed by atoms with Crippen molar-refractivity contribution in [1.29, 1.82) is 0 Å². The van der Waals surface area contributed by atoms with E-state index in [2.05, 4.69) is 127 Å². The van der Waals surface area contributed by atoms with Crippen LogP contribution >= 0.6 is 0 Å². The van der Waals surface area contributed by atoms with Crippen LogP contribution in [0.4, 0.5) is 0 Å². The smallest absolute Gasteiger partial charge is 0.164 e. The molecule has 3 heterocycles. The standard InChI is InChI=1S/C51H33N3O2/c1-2-13-30(14-3-1)49-52-50(39-21-11-24-43-46(39)38-19-8-9-23-42(38)55-43)54-51(53-49)40-22-12-26-45-48(40)47-32(20-10-25-44(47)56-45)31-27-28-37-35-17-5-4-15-33(35)34-16-6-7-18-36(34)41(37)29-31/h2,4-10,12-23,25-29H,1,3,11,24H2. The lowest BCUT2D eigenvalue weighted by atomic mass is 9.91. The average molecular weight is 720 g/mol. The molecule has 0 saturated heterocycles. The van der Waals surface area contributed by atoms with Gasteiger partial charge >= 0.3 is 0 Å². The van der Waals surface area contributed by atoms with E-state index in [1.165, 1.54) is 32.3 Å². The van der Waals surface area contributed by atoms with Crippen molar-refractivity contribution < 1.29 is 8.83 Å². The zero-order valence-electron chi connectivity index (χ0n) is 30.4. The maximum Gasteiger partial charge on any atom is 0.164 e. The minimum absolute atomic E-state index is 0.616. The van der Waals surface area contributed by atoms with E-state index < -0.39 is 0 Å². The van der Waals surface area contributed by atoms with Crippen LogP contribution in [0.25, 0.3) is 98.9 Å². The van der Waals surface area contributed by atoms with Gasteiger partial charge in [0, 0.05) is 44.9 Å². The van der Waals surface area contributed by atoms with Crippen LogP contribution in [-0.2, 0) is 6.42 Å². The monoisotopic (exact) mass is 719 g/mol. The van der Waals surface area contributed by atoms with Crippen LogP contribution in [0.2, 0.25) is 0 Å². The fourth-order valence-electron chi connectivity index (χ4n) is 9.11. The van der Waals surface area contributed by atoms with E-state index >= 15 is 0 Å². The molecule has 5 nitrogen and oxygen atoms in total. The molecule has 0 N–H and O–H groups in total. The summed E-state index contributed by atoms with van der Waals surface area (Å²) < 4.78 is 13.0. The van der Waals surface area contributed by atoms with Crippen molar-refractivity contribution in [1.82, 2.24) is 15.0 Å². The van der Waals surface area contributed by atoms with Crippen LogP contribution < -0.4 is 0 Å². The molecule has 0 spiro atoms. The number of benzene rings is 7. The Labute approximate surface area is 322 Å². The van der Waals surface area contributed by atoms with Crippen LogP contribution in [-0.4, -0.2) is 15.0 Å². The first kappa shape index (κ1) is 31.3. The van der Waals surface area contributed by atoms with E-state index in [1.54, 1.807) is 0 Å². The molecule has 10 aromatic rings. The number of para-hydroxylation sites is 1. The summed E-state index contributed by atoms with van der Waals surface area (Å²) in [6.45, 7) is 0. The molecule has 0 fully saturated rings. The highest BCUT2D eigenvalue weighted by atomic mass is 16.3. The number of hydrogen-bond donors (Lipinski definition) is 0. The molecule has 0 unspecified atom stereocenters. The number of rotatable bonds is 4. The van der Waals surface area contributed by atoms with Gasteiger partial charge in [-0.2, -0.15) is 0 Å². The second-order valence-corrected chi connectivity index (χ2v) is 14.8. The summed E-state index contributed by atoms with van der Waals surface area (Å²) in [6, 6.07) is 45.2. The van der Waals surface area contributed by atoms with Crippen LogP contribution in [0, 0.1) is 0 Å².